The number of carboxylic acids is 1. The van der Waals surface area contributed by atoms with Crippen LogP contribution in [0.2, 0.25) is 0 Å². The van der Waals surface area contributed by atoms with Gasteiger partial charge in [-0.05, 0) is 19.1 Å². The van der Waals surface area contributed by atoms with Crippen molar-refractivity contribution in [1.29, 1.82) is 0 Å². The van der Waals surface area contributed by atoms with E-state index in [4.69, 9.17) is 9.84 Å². The molecule has 1 unspecified atom stereocenters. The Bertz CT molecular complexity index is 439. The predicted molar refractivity (Wildman–Crippen MR) is 60.3 cm³/mol. The molecule has 0 bridgehead atoms. The third-order valence-electron chi connectivity index (χ3n) is 2.05. The number of hydrogen-bond donors (Lipinski definition) is 2. The Hall–Kier alpha value is -2.18. The first-order valence-corrected chi connectivity index (χ1v) is 5.27. The summed E-state index contributed by atoms with van der Waals surface area (Å²) in [7, 11) is 0. The van der Waals surface area contributed by atoms with Crippen LogP contribution in [-0.4, -0.2) is 41.3 Å². The number of aromatic nitrogens is 1. The molecule has 6 nitrogen and oxygen atoms in total. The van der Waals surface area contributed by atoms with Gasteiger partial charge in [0.15, 0.2) is 6.04 Å². The molecule has 0 saturated carbocycles. The number of hydrogen-bond acceptors (Lipinski definition) is 4. The first kappa shape index (κ1) is 13.9. The minimum absolute atomic E-state index is 0.0686. The molecule has 0 aromatic carbocycles. The van der Waals surface area contributed by atoms with Gasteiger partial charge in [-0.3, -0.25) is 4.79 Å². The molecule has 1 atom stereocenters. The molecule has 0 radical (unpaired) electrons. The van der Waals surface area contributed by atoms with E-state index >= 15 is 0 Å². The molecule has 7 heteroatoms. The first-order chi connectivity index (χ1) is 8.60. The van der Waals surface area contributed by atoms with Crippen molar-refractivity contribution in [3.63, 3.8) is 0 Å². The summed E-state index contributed by atoms with van der Waals surface area (Å²) in [4.78, 5) is 26.2. The van der Waals surface area contributed by atoms with Crippen molar-refractivity contribution in [3.8, 4) is 5.88 Å². The average molecular weight is 256 g/mol. The maximum Gasteiger partial charge on any atom is 0.328 e. The lowest BCUT2D eigenvalue weighted by atomic mass is 10.2. The van der Waals surface area contributed by atoms with Crippen molar-refractivity contribution in [2.45, 2.75) is 13.0 Å². The smallest absolute Gasteiger partial charge is 0.328 e. The SMILES string of the molecule is CCOc1ncccc1C(=O)NC(CF)C(=O)O. The van der Waals surface area contributed by atoms with Crippen LogP contribution in [-0.2, 0) is 4.79 Å². The number of alkyl halides is 1. The number of nitrogens with zero attached hydrogens (tertiary/aromatic N) is 1. The van der Waals surface area contributed by atoms with Crippen LogP contribution in [0.4, 0.5) is 4.39 Å². The van der Waals surface area contributed by atoms with E-state index in [1.807, 2.05) is 5.32 Å². The number of pyridine rings is 1. The van der Waals surface area contributed by atoms with Crippen LogP contribution in [0.15, 0.2) is 18.3 Å². The zero-order chi connectivity index (χ0) is 13.5. The van der Waals surface area contributed by atoms with Crippen molar-refractivity contribution < 1.29 is 23.8 Å². The summed E-state index contributed by atoms with van der Waals surface area (Å²) in [6.45, 7) is 0.839. The third-order valence-corrected chi connectivity index (χ3v) is 2.05. The molecule has 98 valence electrons. The van der Waals surface area contributed by atoms with Crippen LogP contribution in [0.3, 0.4) is 0 Å². The fraction of sp³-hybridized carbons (Fsp3) is 0.364. The first-order valence-electron chi connectivity index (χ1n) is 5.27. The number of nitrogens with one attached hydrogen (secondary N) is 1. The van der Waals surface area contributed by atoms with E-state index in [0.717, 1.165) is 0 Å². The Morgan fingerprint density at radius 2 is 2.33 bits per heavy atom. The van der Waals surface area contributed by atoms with Crippen molar-refractivity contribution in [3.05, 3.63) is 23.9 Å². The van der Waals surface area contributed by atoms with Gasteiger partial charge < -0.3 is 15.2 Å². The minimum atomic E-state index is -1.58. The highest BCUT2D eigenvalue weighted by Gasteiger charge is 2.22. The van der Waals surface area contributed by atoms with Crippen molar-refractivity contribution in [2.24, 2.45) is 0 Å². The monoisotopic (exact) mass is 256 g/mol. The average Bonchev–Trinajstić information content (AvgIpc) is 2.36. The fourth-order valence-corrected chi connectivity index (χ4v) is 1.22. The molecule has 0 spiro atoms. The predicted octanol–water partition coefficient (Wildman–Crippen LogP) is 0.633. The Balaban J connectivity index is 2.86. The summed E-state index contributed by atoms with van der Waals surface area (Å²) >= 11 is 0. The lowest BCUT2D eigenvalue weighted by molar-refractivity contribution is -0.139. The lowest BCUT2D eigenvalue weighted by Crippen LogP contribution is -2.42. The Kier molecular flexibility index (Phi) is 5.04. The van der Waals surface area contributed by atoms with E-state index < -0.39 is 24.6 Å². The van der Waals surface area contributed by atoms with Gasteiger partial charge in [-0.25, -0.2) is 14.2 Å². The molecule has 0 aliphatic rings. The van der Waals surface area contributed by atoms with E-state index in [0.29, 0.717) is 6.61 Å². The van der Waals surface area contributed by atoms with Gasteiger partial charge in [-0.1, -0.05) is 0 Å². The number of carbonyl (C=O) groups excluding carboxylic acids is 1. The Morgan fingerprint density at radius 3 is 2.89 bits per heavy atom. The number of rotatable bonds is 6. The molecule has 1 aromatic rings. The van der Waals surface area contributed by atoms with Gasteiger partial charge in [-0.2, -0.15) is 0 Å². The van der Waals surface area contributed by atoms with Gasteiger partial charge in [-0.15, -0.1) is 0 Å². The topological polar surface area (TPSA) is 88.5 Å². The molecule has 1 rings (SSSR count). The molecule has 18 heavy (non-hydrogen) atoms. The van der Waals surface area contributed by atoms with E-state index in [-0.39, 0.29) is 11.4 Å². The van der Waals surface area contributed by atoms with Gasteiger partial charge in [0, 0.05) is 6.20 Å². The fourth-order valence-electron chi connectivity index (χ4n) is 1.22. The highest BCUT2D eigenvalue weighted by atomic mass is 19.1. The second kappa shape index (κ2) is 6.53. The third kappa shape index (κ3) is 3.41. The van der Waals surface area contributed by atoms with E-state index in [2.05, 4.69) is 4.98 Å². The second-order valence-electron chi connectivity index (χ2n) is 3.31. The largest absolute Gasteiger partial charge is 0.480 e. The molecular weight excluding hydrogens is 243 g/mol. The summed E-state index contributed by atoms with van der Waals surface area (Å²) in [6.07, 6.45) is 1.44. The molecule has 0 fully saturated rings. The molecule has 1 amide bonds. The number of ether oxygens (including phenoxy) is 1. The van der Waals surface area contributed by atoms with Gasteiger partial charge in [0.05, 0.1) is 6.61 Å². The Morgan fingerprint density at radius 1 is 1.61 bits per heavy atom. The molecule has 1 heterocycles. The maximum absolute atomic E-state index is 12.4. The molecule has 2 N–H and O–H groups in total. The van der Waals surface area contributed by atoms with Gasteiger partial charge >= 0.3 is 5.97 Å². The molecular formula is C11H13FN2O4. The zero-order valence-corrected chi connectivity index (χ0v) is 9.72. The van der Waals surface area contributed by atoms with Gasteiger partial charge in [0.1, 0.15) is 12.2 Å². The van der Waals surface area contributed by atoms with Gasteiger partial charge in [0.2, 0.25) is 5.88 Å². The summed E-state index contributed by atoms with van der Waals surface area (Å²) in [6, 6.07) is 1.35. The van der Waals surface area contributed by atoms with E-state index in [1.54, 1.807) is 6.92 Å². The zero-order valence-electron chi connectivity index (χ0n) is 9.72. The molecule has 0 saturated heterocycles. The van der Waals surface area contributed by atoms with Crippen LogP contribution in [0.5, 0.6) is 5.88 Å². The second-order valence-corrected chi connectivity index (χ2v) is 3.31. The number of carbonyl (C=O) groups is 2. The maximum atomic E-state index is 12.4. The Labute approximate surface area is 103 Å². The quantitative estimate of drug-likeness (QED) is 0.779. The number of aliphatic carboxylic acids is 1. The van der Waals surface area contributed by atoms with Crippen LogP contribution in [0.25, 0.3) is 0 Å². The van der Waals surface area contributed by atoms with E-state index in [9.17, 15) is 14.0 Å². The number of carboxylic acid groups (broad SMARTS) is 1. The highest BCUT2D eigenvalue weighted by Crippen LogP contribution is 2.14. The number of halogens is 1. The lowest BCUT2D eigenvalue weighted by Gasteiger charge is -2.12. The molecule has 0 aliphatic carbocycles. The summed E-state index contributed by atoms with van der Waals surface area (Å²) in [5.41, 5.74) is 0.0686. The van der Waals surface area contributed by atoms with Crippen molar-refractivity contribution in [1.82, 2.24) is 10.3 Å². The van der Waals surface area contributed by atoms with Crippen molar-refractivity contribution in [2.75, 3.05) is 13.3 Å². The van der Waals surface area contributed by atoms with Crippen LogP contribution in [0.1, 0.15) is 17.3 Å². The van der Waals surface area contributed by atoms with Crippen LogP contribution in [0, 0.1) is 0 Å². The standard InChI is InChI=1S/C11H13FN2O4/c1-2-18-10-7(4-3-5-13-10)9(15)14-8(6-12)11(16)17/h3-5,8H,2,6H2,1H3,(H,14,15)(H,16,17). The molecule has 1 aromatic heterocycles. The number of amides is 1. The normalized spacial score (nSPS) is 11.7. The van der Waals surface area contributed by atoms with Crippen molar-refractivity contribution >= 4 is 11.9 Å². The van der Waals surface area contributed by atoms with Gasteiger partial charge in [0.25, 0.3) is 5.91 Å². The van der Waals surface area contributed by atoms with Crippen LogP contribution < -0.4 is 10.1 Å². The summed E-state index contributed by atoms with van der Waals surface area (Å²) in [5, 5.41) is 10.7. The highest BCUT2D eigenvalue weighted by molar-refractivity contribution is 5.98. The van der Waals surface area contributed by atoms with E-state index in [1.165, 1.54) is 18.3 Å². The molecule has 0 aliphatic heterocycles. The minimum Gasteiger partial charge on any atom is -0.480 e. The summed E-state index contributed by atoms with van der Waals surface area (Å²) in [5.74, 6) is -2.09. The summed E-state index contributed by atoms with van der Waals surface area (Å²) < 4.78 is 17.5. The van der Waals surface area contributed by atoms with Crippen LogP contribution >= 0.6 is 0 Å².